The normalized spacial score (nSPS) is 17.0. The molecule has 1 aliphatic carbocycles. The van der Waals surface area contributed by atoms with Gasteiger partial charge in [-0.25, -0.2) is 14.1 Å². The number of fused-ring (bicyclic) bond motifs is 1. The van der Waals surface area contributed by atoms with Gasteiger partial charge in [0.15, 0.2) is 5.65 Å². The molecule has 0 radical (unpaired) electrons. The Kier molecular flexibility index (Phi) is 4.90. The summed E-state index contributed by atoms with van der Waals surface area (Å²) >= 11 is 0. The minimum absolute atomic E-state index is 0.0955. The summed E-state index contributed by atoms with van der Waals surface area (Å²) in [7, 11) is 0. The van der Waals surface area contributed by atoms with E-state index in [9.17, 15) is 35.5 Å². The van der Waals surface area contributed by atoms with Crippen molar-refractivity contribution >= 4 is 11.0 Å². The van der Waals surface area contributed by atoms with E-state index in [4.69, 9.17) is 0 Å². The molecule has 0 saturated heterocycles. The van der Waals surface area contributed by atoms with Crippen molar-refractivity contribution in [2.45, 2.75) is 51.5 Å². The molecular weight excluding hydrogens is 445 g/mol. The van der Waals surface area contributed by atoms with Crippen LogP contribution in [0.4, 0.5) is 30.7 Å². The molecule has 1 fully saturated rings. The number of hydrogen-bond acceptors (Lipinski definition) is 3. The molecule has 32 heavy (non-hydrogen) atoms. The van der Waals surface area contributed by atoms with E-state index in [1.165, 1.54) is 6.92 Å². The number of halogens is 7. The molecule has 1 N–H and O–H groups in total. The van der Waals surface area contributed by atoms with Crippen molar-refractivity contribution in [3.05, 3.63) is 57.0 Å². The highest BCUT2D eigenvalue weighted by atomic mass is 19.4. The standard InChI is InChI=1S/C20H17F7N4O/c1-9-28-16-14(17(32)29-9)13(8-19(22,23)24)30-31(16)15(18(2)5-6-18)10-3-4-11(12(21)7-10)20(25,26)27/h3-4,7,15H,5-6,8H2,1-2H3,(H,28,29,32)/t15-/m1/s1. The Balaban J connectivity index is 1.96. The molecule has 172 valence electrons. The van der Waals surface area contributed by atoms with Crippen LogP contribution in [0, 0.1) is 18.2 Å². The first kappa shape index (κ1) is 22.3. The number of nitrogens with one attached hydrogen (secondary N) is 1. The van der Waals surface area contributed by atoms with Gasteiger partial charge in [0.05, 0.1) is 23.7 Å². The number of H-pyrrole nitrogens is 1. The van der Waals surface area contributed by atoms with Gasteiger partial charge in [-0.15, -0.1) is 0 Å². The number of benzene rings is 1. The predicted octanol–water partition coefficient (Wildman–Crippen LogP) is 5.08. The van der Waals surface area contributed by atoms with E-state index in [-0.39, 0.29) is 22.4 Å². The number of hydrogen-bond donors (Lipinski definition) is 1. The Morgan fingerprint density at radius 3 is 2.38 bits per heavy atom. The van der Waals surface area contributed by atoms with Gasteiger partial charge in [0.2, 0.25) is 0 Å². The highest BCUT2D eigenvalue weighted by Crippen LogP contribution is 2.56. The maximum atomic E-state index is 14.3. The molecule has 0 unspecified atom stereocenters. The van der Waals surface area contributed by atoms with E-state index in [1.54, 1.807) is 6.92 Å². The van der Waals surface area contributed by atoms with Crippen LogP contribution in [0.2, 0.25) is 0 Å². The lowest BCUT2D eigenvalue weighted by Gasteiger charge is -2.25. The maximum absolute atomic E-state index is 14.3. The van der Waals surface area contributed by atoms with Crippen LogP contribution in [0.5, 0.6) is 0 Å². The van der Waals surface area contributed by atoms with Crippen molar-refractivity contribution in [2.75, 3.05) is 0 Å². The molecule has 0 aliphatic heterocycles. The molecule has 4 rings (SSSR count). The largest absolute Gasteiger partial charge is 0.419 e. The van der Waals surface area contributed by atoms with Gasteiger partial charge in [0.25, 0.3) is 5.56 Å². The van der Waals surface area contributed by atoms with Crippen LogP contribution >= 0.6 is 0 Å². The maximum Gasteiger partial charge on any atom is 0.419 e. The van der Waals surface area contributed by atoms with E-state index in [2.05, 4.69) is 15.1 Å². The summed E-state index contributed by atoms with van der Waals surface area (Å²) in [6.07, 6.45) is -9.89. The van der Waals surface area contributed by atoms with Gasteiger partial charge in [0.1, 0.15) is 17.0 Å². The second kappa shape index (κ2) is 7.04. The molecule has 1 aliphatic rings. The van der Waals surface area contributed by atoms with Crippen LogP contribution in [0.25, 0.3) is 11.0 Å². The molecule has 0 bridgehead atoms. The number of aryl methyl sites for hydroxylation is 1. The first-order valence-corrected chi connectivity index (χ1v) is 9.61. The average Bonchev–Trinajstić information content (AvgIpc) is 3.26. The van der Waals surface area contributed by atoms with Gasteiger partial charge in [-0.3, -0.25) is 4.79 Å². The van der Waals surface area contributed by atoms with Crippen LogP contribution in [0.3, 0.4) is 0 Å². The summed E-state index contributed by atoms with van der Waals surface area (Å²) in [4.78, 5) is 19.0. The fraction of sp³-hybridized carbons (Fsp3) is 0.450. The molecule has 2 aromatic heterocycles. The van der Waals surface area contributed by atoms with Gasteiger partial charge < -0.3 is 4.98 Å². The summed E-state index contributed by atoms with van der Waals surface area (Å²) in [5.74, 6) is -1.38. The fourth-order valence-electron chi connectivity index (χ4n) is 3.96. The average molecular weight is 462 g/mol. The van der Waals surface area contributed by atoms with Crippen molar-refractivity contribution in [3.8, 4) is 0 Å². The second-order valence-corrected chi connectivity index (χ2v) is 8.33. The third kappa shape index (κ3) is 3.97. The first-order valence-electron chi connectivity index (χ1n) is 9.61. The topological polar surface area (TPSA) is 63.6 Å². The molecule has 1 saturated carbocycles. The summed E-state index contributed by atoms with van der Waals surface area (Å²) in [6.45, 7) is 3.21. The van der Waals surface area contributed by atoms with Crippen LogP contribution in [-0.4, -0.2) is 25.9 Å². The SMILES string of the molecule is Cc1nc2c(c(CC(F)(F)F)nn2[C@H](c2ccc(C(F)(F)F)c(F)c2)C2(C)CC2)c(=O)[nH]1. The quantitative estimate of drug-likeness (QED) is 0.550. The van der Waals surface area contributed by atoms with Crippen LogP contribution in [-0.2, 0) is 12.6 Å². The Labute approximate surface area is 176 Å². The fourth-order valence-corrected chi connectivity index (χ4v) is 3.96. The smallest absolute Gasteiger partial charge is 0.310 e. The summed E-state index contributed by atoms with van der Waals surface area (Å²) in [5, 5.41) is 3.68. The zero-order chi connectivity index (χ0) is 23.6. The number of alkyl halides is 6. The lowest BCUT2D eigenvalue weighted by molar-refractivity contribution is -0.140. The first-order chi connectivity index (χ1) is 14.7. The molecule has 12 heteroatoms. The van der Waals surface area contributed by atoms with Gasteiger partial charge in [-0.2, -0.15) is 31.4 Å². The Morgan fingerprint density at radius 1 is 1.19 bits per heavy atom. The zero-order valence-electron chi connectivity index (χ0n) is 16.8. The van der Waals surface area contributed by atoms with Crippen molar-refractivity contribution in [3.63, 3.8) is 0 Å². The predicted molar refractivity (Wildman–Crippen MR) is 99.5 cm³/mol. The number of nitrogens with zero attached hydrogens (tertiary/aromatic N) is 3. The van der Waals surface area contributed by atoms with E-state index >= 15 is 0 Å². The lowest BCUT2D eigenvalue weighted by atomic mass is 9.91. The van der Waals surface area contributed by atoms with Crippen molar-refractivity contribution in [1.29, 1.82) is 0 Å². The molecule has 5 nitrogen and oxygen atoms in total. The Bertz CT molecular complexity index is 1250. The third-order valence-electron chi connectivity index (χ3n) is 5.68. The molecular formula is C20H17F7N4O. The third-order valence-corrected chi connectivity index (χ3v) is 5.68. The molecule has 3 aromatic rings. The van der Waals surface area contributed by atoms with Gasteiger partial charge >= 0.3 is 12.4 Å². The molecule has 2 heterocycles. The summed E-state index contributed by atoms with van der Waals surface area (Å²) in [5.41, 5.74) is -3.46. The summed E-state index contributed by atoms with van der Waals surface area (Å²) < 4.78 is 93.8. The molecule has 1 atom stereocenters. The monoisotopic (exact) mass is 462 g/mol. The molecule has 1 aromatic carbocycles. The van der Waals surface area contributed by atoms with E-state index in [1.807, 2.05) is 0 Å². The number of aromatic amines is 1. The Hall–Kier alpha value is -2.92. The molecule has 0 spiro atoms. The van der Waals surface area contributed by atoms with Crippen LogP contribution in [0.1, 0.15) is 48.5 Å². The summed E-state index contributed by atoms with van der Waals surface area (Å²) in [6, 6.07) is 1.47. The minimum Gasteiger partial charge on any atom is -0.310 e. The van der Waals surface area contributed by atoms with Crippen molar-refractivity contribution in [1.82, 2.24) is 19.7 Å². The highest BCUT2D eigenvalue weighted by Gasteiger charge is 2.49. The van der Waals surface area contributed by atoms with Gasteiger partial charge in [-0.1, -0.05) is 13.0 Å². The number of rotatable bonds is 4. The highest BCUT2D eigenvalue weighted by molar-refractivity contribution is 5.77. The van der Waals surface area contributed by atoms with Crippen LogP contribution in [0.15, 0.2) is 23.0 Å². The lowest BCUT2D eigenvalue weighted by Crippen LogP contribution is -2.23. The Morgan fingerprint density at radius 2 is 1.84 bits per heavy atom. The van der Waals surface area contributed by atoms with E-state index in [0.29, 0.717) is 25.0 Å². The van der Waals surface area contributed by atoms with Gasteiger partial charge in [0, 0.05) is 0 Å². The van der Waals surface area contributed by atoms with E-state index < -0.39 is 52.9 Å². The zero-order valence-corrected chi connectivity index (χ0v) is 16.8. The minimum atomic E-state index is -4.90. The number of aromatic nitrogens is 4. The molecule has 0 amide bonds. The second-order valence-electron chi connectivity index (χ2n) is 8.33. The van der Waals surface area contributed by atoms with E-state index in [0.717, 1.165) is 10.7 Å². The van der Waals surface area contributed by atoms with Gasteiger partial charge in [-0.05, 0) is 42.9 Å². The van der Waals surface area contributed by atoms with Crippen LogP contribution < -0.4 is 5.56 Å². The van der Waals surface area contributed by atoms with Crippen molar-refractivity contribution < 1.29 is 30.7 Å². The van der Waals surface area contributed by atoms with Crippen molar-refractivity contribution in [2.24, 2.45) is 5.41 Å².